The molecule has 128 valence electrons. The Bertz CT molecular complexity index is 432. The Kier molecular flexibility index (Phi) is 23.3. The fraction of sp³-hybridized carbons (Fsp3) is 0.400. The van der Waals surface area contributed by atoms with Gasteiger partial charge >= 0.3 is 52.5 Å². The molecule has 0 atom stereocenters. The first-order chi connectivity index (χ1) is 10.2. The number of allylic oxidation sites excluding steroid dienone is 3. The minimum absolute atomic E-state index is 0.324. The molecule has 0 saturated carbocycles. The molecule has 0 heterocycles. The van der Waals surface area contributed by atoms with Crippen molar-refractivity contribution in [3.05, 3.63) is 36.5 Å². The second kappa shape index (κ2) is 18.3. The van der Waals surface area contributed by atoms with Gasteiger partial charge in [-0.3, -0.25) is 0 Å². The van der Waals surface area contributed by atoms with Crippen LogP contribution in [0, 0.1) is 34.0 Å². The molecule has 8 heteroatoms. The Morgan fingerprint density at radius 2 is 1.00 bits per heavy atom. The maximum absolute atomic E-state index is 8.26. The molecule has 0 unspecified atom stereocenters. The van der Waals surface area contributed by atoms with Crippen molar-refractivity contribution in [2.75, 3.05) is 0 Å². The maximum atomic E-state index is 8.26. The van der Waals surface area contributed by atoms with Gasteiger partial charge in [0.25, 0.3) is 0 Å². The summed E-state index contributed by atoms with van der Waals surface area (Å²) >= 11 is -4.66. The molecule has 0 amide bonds. The molecule has 0 radical (unpaired) electrons. The van der Waals surface area contributed by atoms with Gasteiger partial charge < -0.3 is 0 Å². The molecule has 0 aliphatic rings. The van der Waals surface area contributed by atoms with Crippen LogP contribution in [0.5, 0.6) is 0 Å². The first-order valence-electron chi connectivity index (χ1n) is 6.25. The van der Waals surface area contributed by atoms with Gasteiger partial charge in [0.05, 0.1) is 18.2 Å². The van der Waals surface area contributed by atoms with Crippen molar-refractivity contribution < 1.29 is 32.5 Å². The predicted molar refractivity (Wildman–Crippen MR) is 84.2 cm³/mol. The van der Waals surface area contributed by atoms with Crippen molar-refractivity contribution in [1.82, 2.24) is 0 Å². The Morgan fingerprint density at radius 3 is 1.00 bits per heavy atom. The van der Waals surface area contributed by atoms with Crippen LogP contribution in [0.1, 0.15) is 34.6 Å². The van der Waals surface area contributed by atoms with Crippen molar-refractivity contribution in [1.29, 1.82) is 15.8 Å². The number of rotatable bonds is 2. The first kappa shape index (κ1) is 29.3. The number of hydrogen-bond acceptors (Lipinski definition) is 7. The van der Waals surface area contributed by atoms with E-state index in [2.05, 4.69) is 23.1 Å². The van der Waals surface area contributed by atoms with Crippen LogP contribution in [0.2, 0.25) is 0 Å². The molecule has 0 bridgehead atoms. The second-order valence-corrected chi connectivity index (χ2v) is 6.58. The van der Waals surface area contributed by atoms with Gasteiger partial charge in [0.15, 0.2) is 0 Å². The summed E-state index contributed by atoms with van der Waals surface area (Å²) in [6.45, 7) is 18.2. The first-order valence-corrected chi connectivity index (χ1v) is 8.98. The fourth-order valence-corrected chi connectivity index (χ4v) is 1.30. The fourth-order valence-electron chi connectivity index (χ4n) is 0.316. The van der Waals surface area contributed by atoms with Crippen LogP contribution >= 0.6 is 0 Å². The van der Waals surface area contributed by atoms with Gasteiger partial charge in [0.2, 0.25) is 0 Å². The van der Waals surface area contributed by atoms with Crippen LogP contribution in [0.25, 0.3) is 0 Å². The van der Waals surface area contributed by atoms with Crippen LogP contribution in [-0.2, 0) is 21.5 Å². The zero-order valence-electron chi connectivity index (χ0n) is 14.3. The van der Waals surface area contributed by atoms with Gasteiger partial charge in [-0.2, -0.15) is 15.8 Å². The van der Waals surface area contributed by atoms with E-state index in [0.717, 1.165) is 0 Å². The summed E-state index contributed by atoms with van der Waals surface area (Å²) in [5.41, 5.74) is 1.68. The predicted octanol–water partition coefficient (Wildman–Crippen LogP) is 2.46. The Morgan fingerprint density at radius 1 is 0.826 bits per heavy atom. The summed E-state index contributed by atoms with van der Waals surface area (Å²) in [6.07, 6.45) is -0.324. The quantitative estimate of drug-likeness (QED) is 0.508. The van der Waals surface area contributed by atoms with Crippen LogP contribution < -0.4 is 0 Å². The standard InChI is InChI=1S/3C4H5N.C3H7O.3H2O.Ti/c3*1-4(2)3-5;1-3(2)4;;;;/h3*1H2,2H3;3H,1-2H3;3*1H2;/q;;;-1;;;;+4/p-3. The molecule has 7 nitrogen and oxygen atoms in total. The van der Waals surface area contributed by atoms with Crippen molar-refractivity contribution in [2.45, 2.75) is 40.7 Å². The third kappa shape index (κ3) is 78.9. The molecule has 0 aliphatic carbocycles. The molecular formula is C15H25N3O4Ti. The number of hydrogen-bond donors (Lipinski definition) is 3. The summed E-state index contributed by atoms with van der Waals surface area (Å²) in [4.78, 5) is 0. The van der Waals surface area contributed by atoms with E-state index >= 15 is 0 Å². The second-order valence-electron chi connectivity index (χ2n) is 4.42. The topological polar surface area (TPSA) is 141 Å². The van der Waals surface area contributed by atoms with Crippen LogP contribution in [0.3, 0.4) is 0 Å². The molecule has 0 aromatic rings. The van der Waals surface area contributed by atoms with Gasteiger partial charge in [-0.15, -0.1) is 0 Å². The molecule has 23 heavy (non-hydrogen) atoms. The van der Waals surface area contributed by atoms with E-state index < -0.39 is 18.1 Å². The van der Waals surface area contributed by atoms with E-state index in [-0.39, 0.29) is 6.10 Å². The molecular weight excluding hydrogens is 334 g/mol. The van der Waals surface area contributed by atoms with E-state index in [0.29, 0.717) is 16.7 Å². The number of nitrogens with zero attached hydrogens (tertiary/aromatic N) is 3. The van der Waals surface area contributed by atoms with Crippen LogP contribution in [-0.4, -0.2) is 17.2 Å². The molecule has 0 aromatic heterocycles. The normalized spacial score (nSPS) is 8.09. The van der Waals surface area contributed by atoms with Gasteiger partial charge in [-0.1, -0.05) is 19.7 Å². The summed E-state index contributed by atoms with van der Waals surface area (Å²) in [6, 6.07) is 5.50. The number of nitriles is 3. The van der Waals surface area contributed by atoms with Gasteiger partial charge in [-0.05, 0) is 20.8 Å². The Hall–Kier alpha value is -1.76. The van der Waals surface area contributed by atoms with E-state index in [9.17, 15) is 0 Å². The summed E-state index contributed by atoms with van der Waals surface area (Å²) in [7, 11) is 0. The molecule has 3 N–H and O–H groups in total. The zero-order chi connectivity index (χ0) is 19.6. The zero-order valence-corrected chi connectivity index (χ0v) is 15.9. The van der Waals surface area contributed by atoms with E-state index in [1.165, 1.54) is 0 Å². The third-order valence-corrected chi connectivity index (χ3v) is 2.20. The molecule has 0 aromatic carbocycles. The van der Waals surface area contributed by atoms with Crippen LogP contribution in [0.15, 0.2) is 36.5 Å². The molecule has 0 fully saturated rings. The van der Waals surface area contributed by atoms with Crippen molar-refractivity contribution in [3.8, 4) is 18.2 Å². The SMILES string of the molecule is C=C(C)C#N.C=C(C)C#N.C=C(C)C#N.CC(C)[O][Ti]([OH])([OH])[OH]. The summed E-state index contributed by atoms with van der Waals surface area (Å²) < 4.78 is 29.1. The molecule has 0 rings (SSSR count). The van der Waals surface area contributed by atoms with Crippen molar-refractivity contribution >= 4 is 0 Å². The van der Waals surface area contributed by atoms with E-state index in [1.807, 2.05) is 18.2 Å². The summed E-state index contributed by atoms with van der Waals surface area (Å²) in [5.74, 6) is 0. The van der Waals surface area contributed by atoms with Gasteiger partial charge in [-0.25, -0.2) is 0 Å². The monoisotopic (exact) mass is 359 g/mol. The third-order valence-electron chi connectivity index (χ3n) is 0.966. The summed E-state index contributed by atoms with van der Waals surface area (Å²) in [5, 5.41) is 23.4. The van der Waals surface area contributed by atoms with E-state index in [1.54, 1.807) is 34.6 Å². The Labute approximate surface area is 143 Å². The van der Waals surface area contributed by atoms with Gasteiger partial charge in [0, 0.05) is 16.7 Å². The average molecular weight is 359 g/mol. The van der Waals surface area contributed by atoms with Crippen molar-refractivity contribution in [3.63, 3.8) is 0 Å². The minimum atomic E-state index is -4.66. The van der Waals surface area contributed by atoms with Crippen molar-refractivity contribution in [2.24, 2.45) is 0 Å². The van der Waals surface area contributed by atoms with Crippen LogP contribution in [0.4, 0.5) is 0 Å². The molecule has 0 aliphatic heterocycles. The molecule has 0 spiro atoms. The average Bonchev–Trinajstić information content (AvgIpc) is 2.37. The Balaban J connectivity index is -0.000000108. The van der Waals surface area contributed by atoms with Gasteiger partial charge in [0.1, 0.15) is 0 Å². The van der Waals surface area contributed by atoms with E-state index in [4.69, 9.17) is 26.8 Å². The molecule has 0 saturated heterocycles.